The van der Waals surface area contributed by atoms with Gasteiger partial charge in [0.1, 0.15) is 5.82 Å². The minimum Gasteiger partial charge on any atom is -0.493 e. The molecule has 0 saturated carbocycles. The van der Waals surface area contributed by atoms with E-state index in [-0.39, 0.29) is 17.9 Å². The Kier molecular flexibility index (Phi) is 7.25. The fourth-order valence-corrected chi connectivity index (χ4v) is 4.61. The molecule has 7 nitrogen and oxygen atoms in total. The van der Waals surface area contributed by atoms with Crippen LogP contribution in [0.4, 0.5) is 5.82 Å². The second kappa shape index (κ2) is 10.3. The highest BCUT2D eigenvalue weighted by atomic mass is 35.5. The molecule has 0 unspecified atom stereocenters. The van der Waals surface area contributed by atoms with Gasteiger partial charge >= 0.3 is 0 Å². The standard InChI is InChI=1S/C24H24ClN3O4S/c1-3-10-32-18-9-6-15(11-19(18)31-2)17-12-20(29)26-22-21(17)23(30)28-24(27-22)33-13-14-4-7-16(25)8-5-14/h4-9,11,17H,3,10,12-13H2,1-2H3,(H2,26,27,28,29,30)/t17-/m1/s1. The van der Waals surface area contributed by atoms with Crippen LogP contribution in [-0.2, 0) is 10.5 Å². The van der Waals surface area contributed by atoms with E-state index in [1.54, 1.807) is 7.11 Å². The lowest BCUT2D eigenvalue weighted by molar-refractivity contribution is -0.116. The van der Waals surface area contributed by atoms with Gasteiger partial charge in [-0.15, -0.1) is 0 Å². The molecule has 0 bridgehead atoms. The van der Waals surface area contributed by atoms with Crippen LogP contribution in [0.3, 0.4) is 0 Å². The maximum atomic E-state index is 13.1. The van der Waals surface area contributed by atoms with Crippen molar-refractivity contribution in [2.75, 3.05) is 19.0 Å². The number of amides is 1. The Hall–Kier alpha value is -2.97. The van der Waals surface area contributed by atoms with Crippen molar-refractivity contribution in [1.82, 2.24) is 9.97 Å². The van der Waals surface area contributed by atoms with Gasteiger partial charge in [0, 0.05) is 23.1 Å². The number of ether oxygens (including phenoxy) is 2. The normalized spacial score (nSPS) is 15.0. The number of hydrogen-bond donors (Lipinski definition) is 2. The summed E-state index contributed by atoms with van der Waals surface area (Å²) in [5.74, 6) is 1.47. The molecule has 1 atom stereocenters. The summed E-state index contributed by atoms with van der Waals surface area (Å²) in [4.78, 5) is 32.9. The molecule has 2 aromatic carbocycles. The van der Waals surface area contributed by atoms with Crippen LogP contribution in [0.1, 0.15) is 42.4 Å². The highest BCUT2D eigenvalue weighted by Gasteiger charge is 2.31. The van der Waals surface area contributed by atoms with Gasteiger partial charge in [-0.05, 0) is 41.8 Å². The number of benzene rings is 2. The fraction of sp³-hybridized carbons (Fsp3) is 0.292. The van der Waals surface area contributed by atoms with Crippen molar-refractivity contribution in [1.29, 1.82) is 0 Å². The van der Waals surface area contributed by atoms with E-state index >= 15 is 0 Å². The van der Waals surface area contributed by atoms with Crippen molar-refractivity contribution in [2.45, 2.75) is 36.6 Å². The summed E-state index contributed by atoms with van der Waals surface area (Å²) >= 11 is 7.32. The van der Waals surface area contributed by atoms with Crippen LogP contribution in [0.2, 0.25) is 5.02 Å². The monoisotopic (exact) mass is 485 g/mol. The van der Waals surface area contributed by atoms with Crippen LogP contribution < -0.4 is 20.3 Å². The number of anilines is 1. The summed E-state index contributed by atoms with van der Waals surface area (Å²) in [7, 11) is 1.57. The van der Waals surface area contributed by atoms with Crippen molar-refractivity contribution >= 4 is 35.1 Å². The number of nitrogens with zero attached hydrogens (tertiary/aromatic N) is 1. The van der Waals surface area contributed by atoms with Gasteiger partial charge in [-0.2, -0.15) is 0 Å². The van der Waals surface area contributed by atoms with Gasteiger partial charge in [-0.3, -0.25) is 9.59 Å². The molecule has 0 fully saturated rings. The van der Waals surface area contributed by atoms with E-state index in [1.807, 2.05) is 49.4 Å². The molecule has 1 aromatic heterocycles. The second-order valence-corrected chi connectivity index (χ2v) is 9.01. The minimum atomic E-state index is -0.436. The smallest absolute Gasteiger partial charge is 0.257 e. The third-order valence-corrected chi connectivity index (χ3v) is 6.47. The van der Waals surface area contributed by atoms with Crippen LogP contribution >= 0.6 is 23.4 Å². The SMILES string of the molecule is CCCOc1ccc([C@H]2CC(=O)Nc3nc(SCc4ccc(Cl)cc4)[nH]c(=O)c32)cc1OC. The number of carbonyl (C=O) groups is 1. The molecule has 4 rings (SSSR count). The van der Waals surface area contributed by atoms with Crippen LogP contribution in [0.25, 0.3) is 0 Å². The number of rotatable bonds is 8. The van der Waals surface area contributed by atoms with Crippen LogP contribution in [0.15, 0.2) is 52.4 Å². The maximum Gasteiger partial charge on any atom is 0.257 e. The summed E-state index contributed by atoms with van der Waals surface area (Å²) in [5.41, 5.74) is 2.01. The first-order chi connectivity index (χ1) is 16.0. The summed E-state index contributed by atoms with van der Waals surface area (Å²) in [6.45, 7) is 2.60. The van der Waals surface area contributed by atoms with Crippen LogP contribution in [0, 0.1) is 0 Å². The third kappa shape index (κ3) is 5.34. The van der Waals surface area contributed by atoms with E-state index in [4.69, 9.17) is 21.1 Å². The fourth-order valence-electron chi connectivity index (χ4n) is 3.67. The first kappa shape index (κ1) is 23.2. The number of methoxy groups -OCH3 is 1. The topological polar surface area (TPSA) is 93.3 Å². The molecule has 1 amide bonds. The van der Waals surface area contributed by atoms with E-state index in [9.17, 15) is 9.59 Å². The number of nitrogens with one attached hydrogen (secondary N) is 2. The molecule has 0 aliphatic carbocycles. The van der Waals surface area contributed by atoms with E-state index < -0.39 is 5.92 Å². The zero-order valence-electron chi connectivity index (χ0n) is 18.3. The van der Waals surface area contributed by atoms with E-state index in [0.717, 1.165) is 17.5 Å². The predicted octanol–water partition coefficient (Wildman–Crippen LogP) is 4.99. The van der Waals surface area contributed by atoms with Crippen LogP contribution in [-0.4, -0.2) is 29.6 Å². The molecule has 1 aliphatic heterocycles. The van der Waals surface area contributed by atoms with Crippen molar-refractivity contribution in [2.24, 2.45) is 0 Å². The lowest BCUT2D eigenvalue weighted by Crippen LogP contribution is -2.31. The number of fused-ring (bicyclic) bond motifs is 1. The number of carbonyl (C=O) groups excluding carboxylic acids is 1. The van der Waals surface area contributed by atoms with Crippen LogP contribution in [0.5, 0.6) is 11.5 Å². The highest BCUT2D eigenvalue weighted by molar-refractivity contribution is 7.98. The van der Waals surface area contributed by atoms with Gasteiger partial charge in [-0.25, -0.2) is 4.98 Å². The average molecular weight is 486 g/mol. The molecule has 0 radical (unpaired) electrons. The Morgan fingerprint density at radius 2 is 1.94 bits per heavy atom. The van der Waals surface area contributed by atoms with Crippen molar-refractivity contribution in [3.8, 4) is 11.5 Å². The van der Waals surface area contributed by atoms with Gasteiger partial charge in [-0.1, -0.05) is 48.5 Å². The molecule has 2 heterocycles. The predicted molar refractivity (Wildman–Crippen MR) is 130 cm³/mol. The number of thioether (sulfide) groups is 1. The van der Waals surface area contributed by atoms with Crippen molar-refractivity contribution < 1.29 is 14.3 Å². The molecule has 172 valence electrons. The molecule has 0 saturated heterocycles. The Morgan fingerprint density at radius 3 is 2.67 bits per heavy atom. The van der Waals surface area contributed by atoms with E-state index in [1.165, 1.54) is 11.8 Å². The Bertz CT molecular complexity index is 1210. The molecule has 33 heavy (non-hydrogen) atoms. The molecule has 9 heteroatoms. The quantitative estimate of drug-likeness (QED) is 0.345. The minimum absolute atomic E-state index is 0.146. The number of aromatic amines is 1. The summed E-state index contributed by atoms with van der Waals surface area (Å²) in [6.07, 6.45) is 1.02. The van der Waals surface area contributed by atoms with Gasteiger partial charge in [0.05, 0.1) is 19.3 Å². The number of aromatic nitrogens is 2. The average Bonchev–Trinajstić information content (AvgIpc) is 2.81. The largest absolute Gasteiger partial charge is 0.493 e. The third-order valence-electron chi connectivity index (χ3n) is 5.27. The lowest BCUT2D eigenvalue weighted by atomic mass is 9.86. The number of H-pyrrole nitrogens is 1. The first-order valence-electron chi connectivity index (χ1n) is 10.6. The van der Waals surface area contributed by atoms with E-state index in [0.29, 0.717) is 45.4 Å². The summed E-state index contributed by atoms with van der Waals surface area (Å²) in [6, 6.07) is 13.0. The summed E-state index contributed by atoms with van der Waals surface area (Å²) in [5, 5.41) is 3.86. The molecule has 2 N–H and O–H groups in total. The van der Waals surface area contributed by atoms with Gasteiger partial charge < -0.3 is 19.8 Å². The molecule has 0 spiro atoms. The zero-order valence-corrected chi connectivity index (χ0v) is 19.9. The Morgan fingerprint density at radius 1 is 1.15 bits per heavy atom. The number of hydrogen-bond acceptors (Lipinski definition) is 6. The Balaban J connectivity index is 1.62. The maximum absolute atomic E-state index is 13.1. The van der Waals surface area contributed by atoms with E-state index in [2.05, 4.69) is 15.3 Å². The van der Waals surface area contributed by atoms with Gasteiger partial charge in [0.25, 0.3) is 5.56 Å². The summed E-state index contributed by atoms with van der Waals surface area (Å²) < 4.78 is 11.2. The lowest BCUT2D eigenvalue weighted by Gasteiger charge is -2.25. The molecular weight excluding hydrogens is 462 g/mol. The Labute approximate surface area is 200 Å². The first-order valence-corrected chi connectivity index (χ1v) is 12.0. The van der Waals surface area contributed by atoms with Crippen molar-refractivity contribution in [3.63, 3.8) is 0 Å². The molecular formula is C24H24ClN3O4S. The van der Waals surface area contributed by atoms with Gasteiger partial charge in [0.15, 0.2) is 16.7 Å². The zero-order chi connectivity index (χ0) is 23.4. The highest BCUT2D eigenvalue weighted by Crippen LogP contribution is 2.38. The molecule has 3 aromatic rings. The molecule has 1 aliphatic rings. The van der Waals surface area contributed by atoms with Crippen molar-refractivity contribution in [3.05, 3.63) is 74.5 Å². The number of halogens is 1. The van der Waals surface area contributed by atoms with Gasteiger partial charge in [0.2, 0.25) is 5.91 Å². The second-order valence-electron chi connectivity index (χ2n) is 7.61.